The van der Waals surface area contributed by atoms with Gasteiger partial charge >= 0.3 is 5.97 Å². The van der Waals surface area contributed by atoms with Crippen LogP contribution in [-0.4, -0.2) is 32.4 Å². The van der Waals surface area contributed by atoms with Crippen molar-refractivity contribution in [2.24, 2.45) is 0 Å². The maximum absolute atomic E-state index is 11.3. The SMILES string of the molecule is COc1ccc(C(C#C[Si](C)(C)C)CC(=O)O)cc1OC1CCCC1. The first kappa shape index (κ1) is 19.4. The van der Waals surface area contributed by atoms with Crippen LogP contribution in [0.4, 0.5) is 0 Å². The minimum Gasteiger partial charge on any atom is -0.493 e. The molecule has 1 aliphatic carbocycles. The summed E-state index contributed by atoms with van der Waals surface area (Å²) in [5.74, 6) is 3.40. The maximum atomic E-state index is 11.3. The molecule has 1 unspecified atom stereocenters. The van der Waals surface area contributed by atoms with Gasteiger partial charge in [-0.05, 0) is 43.4 Å². The minimum atomic E-state index is -1.57. The zero-order chi connectivity index (χ0) is 18.4. The molecule has 2 rings (SSSR count). The summed E-state index contributed by atoms with van der Waals surface area (Å²) in [6.07, 6.45) is 4.71. The van der Waals surface area contributed by atoms with E-state index in [4.69, 9.17) is 9.47 Å². The summed E-state index contributed by atoms with van der Waals surface area (Å²) < 4.78 is 11.5. The Morgan fingerprint density at radius 3 is 2.52 bits per heavy atom. The molecule has 0 bridgehead atoms. The second-order valence-corrected chi connectivity index (χ2v) is 12.4. The normalized spacial score (nSPS) is 16.0. The van der Waals surface area contributed by atoms with E-state index in [1.165, 1.54) is 12.8 Å². The number of carboxylic acid groups (broad SMARTS) is 1. The van der Waals surface area contributed by atoms with Gasteiger partial charge in [0, 0.05) is 0 Å². The van der Waals surface area contributed by atoms with Gasteiger partial charge in [0.25, 0.3) is 0 Å². The van der Waals surface area contributed by atoms with Gasteiger partial charge in [-0.15, -0.1) is 11.5 Å². The Morgan fingerprint density at radius 1 is 1.28 bits per heavy atom. The standard InChI is InChI=1S/C20H28O4Si/c1-23-18-10-9-15(13-19(18)24-17-7-5-6-8-17)16(14-20(21)22)11-12-25(2,3)4/h9-10,13,16-17H,5-8,14H2,1-4H3,(H,21,22). The number of aliphatic carboxylic acids is 1. The molecule has 1 aliphatic rings. The molecule has 0 radical (unpaired) electrons. The summed E-state index contributed by atoms with van der Waals surface area (Å²) in [5.41, 5.74) is 4.18. The molecule has 1 fully saturated rings. The molecule has 0 heterocycles. The van der Waals surface area contributed by atoms with E-state index < -0.39 is 14.0 Å². The van der Waals surface area contributed by atoms with Gasteiger partial charge in [-0.1, -0.05) is 25.7 Å². The van der Waals surface area contributed by atoms with Crippen molar-refractivity contribution in [1.82, 2.24) is 0 Å². The Kier molecular flexibility index (Phi) is 6.55. The molecule has 25 heavy (non-hydrogen) atoms. The number of carboxylic acids is 1. The van der Waals surface area contributed by atoms with E-state index in [1.807, 2.05) is 18.2 Å². The molecular formula is C20H28O4Si. The van der Waals surface area contributed by atoms with Crippen molar-refractivity contribution in [3.8, 4) is 23.0 Å². The van der Waals surface area contributed by atoms with Crippen LogP contribution in [0.25, 0.3) is 0 Å². The van der Waals surface area contributed by atoms with Crippen LogP contribution in [-0.2, 0) is 4.79 Å². The first-order valence-electron chi connectivity index (χ1n) is 8.87. The highest BCUT2D eigenvalue weighted by Crippen LogP contribution is 2.35. The number of hydrogen-bond donors (Lipinski definition) is 1. The van der Waals surface area contributed by atoms with E-state index in [0.717, 1.165) is 18.4 Å². The molecule has 1 atom stereocenters. The minimum absolute atomic E-state index is 0.00726. The van der Waals surface area contributed by atoms with Gasteiger partial charge in [0.2, 0.25) is 0 Å². The van der Waals surface area contributed by atoms with E-state index >= 15 is 0 Å². The van der Waals surface area contributed by atoms with Crippen molar-refractivity contribution in [1.29, 1.82) is 0 Å². The smallest absolute Gasteiger partial charge is 0.304 e. The zero-order valence-corrected chi connectivity index (χ0v) is 16.6. The fourth-order valence-electron chi connectivity index (χ4n) is 2.92. The highest BCUT2D eigenvalue weighted by Gasteiger charge is 2.21. The van der Waals surface area contributed by atoms with Gasteiger partial charge in [0.05, 0.1) is 25.6 Å². The first-order chi connectivity index (χ1) is 11.8. The van der Waals surface area contributed by atoms with Crippen LogP contribution in [0, 0.1) is 11.5 Å². The monoisotopic (exact) mass is 360 g/mol. The Labute approximate surface area is 151 Å². The number of methoxy groups -OCH3 is 1. The maximum Gasteiger partial charge on any atom is 0.304 e. The topological polar surface area (TPSA) is 55.8 Å². The molecule has 0 spiro atoms. The van der Waals surface area contributed by atoms with E-state index in [-0.39, 0.29) is 18.4 Å². The van der Waals surface area contributed by atoms with E-state index in [0.29, 0.717) is 11.5 Å². The molecule has 0 aromatic heterocycles. The molecule has 1 N–H and O–H groups in total. The van der Waals surface area contributed by atoms with Crippen LogP contribution < -0.4 is 9.47 Å². The predicted molar refractivity (Wildman–Crippen MR) is 102 cm³/mol. The van der Waals surface area contributed by atoms with Crippen LogP contribution in [0.15, 0.2) is 18.2 Å². The van der Waals surface area contributed by atoms with Gasteiger partial charge in [-0.3, -0.25) is 4.79 Å². The number of hydrogen-bond acceptors (Lipinski definition) is 3. The quantitative estimate of drug-likeness (QED) is 0.601. The largest absolute Gasteiger partial charge is 0.493 e. The van der Waals surface area contributed by atoms with Crippen LogP contribution >= 0.6 is 0 Å². The zero-order valence-electron chi connectivity index (χ0n) is 15.6. The van der Waals surface area contributed by atoms with Gasteiger partial charge in [-0.25, -0.2) is 0 Å². The highest BCUT2D eigenvalue weighted by molar-refractivity contribution is 6.83. The number of carbonyl (C=O) groups is 1. The first-order valence-corrected chi connectivity index (χ1v) is 12.4. The third kappa shape index (κ3) is 6.13. The summed E-state index contributed by atoms with van der Waals surface area (Å²) in [4.78, 5) is 11.3. The Balaban J connectivity index is 2.31. The van der Waals surface area contributed by atoms with Crippen LogP contribution in [0.2, 0.25) is 19.6 Å². The molecule has 0 saturated heterocycles. The van der Waals surface area contributed by atoms with Crippen molar-refractivity contribution >= 4 is 14.0 Å². The van der Waals surface area contributed by atoms with Crippen molar-refractivity contribution in [3.05, 3.63) is 23.8 Å². The lowest BCUT2D eigenvalue weighted by Gasteiger charge is -2.18. The summed E-state index contributed by atoms with van der Waals surface area (Å²) >= 11 is 0. The fraction of sp³-hybridized carbons (Fsp3) is 0.550. The summed E-state index contributed by atoms with van der Waals surface area (Å²) in [6.45, 7) is 6.46. The lowest BCUT2D eigenvalue weighted by molar-refractivity contribution is -0.137. The Morgan fingerprint density at radius 2 is 1.96 bits per heavy atom. The second kappa shape index (κ2) is 8.44. The molecule has 0 aliphatic heterocycles. The number of rotatable bonds is 6. The van der Waals surface area contributed by atoms with E-state index in [1.54, 1.807) is 7.11 Å². The Bertz CT molecular complexity index is 660. The predicted octanol–water partition coefficient (Wildman–Crippen LogP) is 4.46. The van der Waals surface area contributed by atoms with Crippen LogP contribution in [0.5, 0.6) is 11.5 Å². The molecule has 1 aromatic carbocycles. The molecule has 4 nitrogen and oxygen atoms in total. The van der Waals surface area contributed by atoms with Crippen molar-refractivity contribution in [2.45, 2.75) is 63.8 Å². The van der Waals surface area contributed by atoms with Crippen LogP contribution in [0.3, 0.4) is 0 Å². The number of ether oxygens (including phenoxy) is 2. The van der Waals surface area contributed by atoms with Crippen molar-refractivity contribution in [3.63, 3.8) is 0 Å². The molecule has 136 valence electrons. The summed E-state index contributed by atoms with van der Waals surface area (Å²) in [7, 11) is 0.0465. The third-order valence-corrected chi connectivity index (χ3v) is 5.08. The number of benzene rings is 1. The van der Waals surface area contributed by atoms with Gasteiger partial charge in [0.1, 0.15) is 8.07 Å². The molecule has 1 aromatic rings. The van der Waals surface area contributed by atoms with Gasteiger partial charge in [-0.2, -0.15) is 0 Å². The van der Waals surface area contributed by atoms with Gasteiger partial charge in [0.15, 0.2) is 11.5 Å². The molecular weight excluding hydrogens is 332 g/mol. The van der Waals surface area contributed by atoms with E-state index in [2.05, 4.69) is 31.1 Å². The van der Waals surface area contributed by atoms with Gasteiger partial charge < -0.3 is 14.6 Å². The lowest BCUT2D eigenvalue weighted by atomic mass is 9.96. The van der Waals surface area contributed by atoms with Crippen molar-refractivity contribution in [2.75, 3.05) is 7.11 Å². The summed E-state index contributed by atoms with van der Waals surface area (Å²) in [6, 6.07) is 5.65. The molecule has 1 saturated carbocycles. The average Bonchev–Trinajstić information content (AvgIpc) is 3.03. The lowest BCUT2D eigenvalue weighted by Crippen LogP contribution is -2.17. The fourth-order valence-corrected chi connectivity index (χ4v) is 3.53. The summed E-state index contributed by atoms with van der Waals surface area (Å²) in [5, 5.41) is 9.26. The van der Waals surface area contributed by atoms with E-state index in [9.17, 15) is 9.90 Å². The average molecular weight is 361 g/mol. The third-order valence-electron chi connectivity index (χ3n) is 4.19. The Hall–Kier alpha value is -1.93. The second-order valence-electron chi connectivity index (χ2n) is 7.60. The molecule has 5 heteroatoms. The highest BCUT2D eigenvalue weighted by atomic mass is 28.3. The molecule has 0 amide bonds. The van der Waals surface area contributed by atoms with Crippen molar-refractivity contribution < 1.29 is 19.4 Å². The van der Waals surface area contributed by atoms with Crippen LogP contribution in [0.1, 0.15) is 43.6 Å².